The van der Waals surface area contributed by atoms with Crippen LogP contribution in [0.4, 0.5) is 0 Å². The van der Waals surface area contributed by atoms with E-state index >= 15 is 0 Å². The number of carbonyl (C=O) groups is 3. The van der Waals surface area contributed by atoms with E-state index in [1.54, 1.807) is 17.0 Å². The zero-order valence-electron chi connectivity index (χ0n) is 22.7. The molecule has 4 rings (SSSR count). The molecule has 3 atom stereocenters. The van der Waals surface area contributed by atoms with Crippen molar-refractivity contribution < 1.29 is 19.2 Å². The normalized spacial score (nSPS) is 22.0. The second kappa shape index (κ2) is 13.9. The van der Waals surface area contributed by atoms with Gasteiger partial charge in [-0.15, -0.1) is 0 Å². The quantitative estimate of drug-likeness (QED) is 0.195. The molecule has 0 spiro atoms. The van der Waals surface area contributed by atoms with Crippen LogP contribution in [0.25, 0.3) is 0 Å². The Kier molecular flexibility index (Phi) is 10.1. The molecule has 0 aromatic heterocycles. The number of amides is 3. The maximum absolute atomic E-state index is 13.5. The van der Waals surface area contributed by atoms with Gasteiger partial charge in [0.25, 0.3) is 5.91 Å². The van der Waals surface area contributed by atoms with E-state index < -0.39 is 11.6 Å². The number of unbranched alkanes of at least 4 members (excludes halogenated alkanes) is 3. The first-order valence-corrected chi connectivity index (χ1v) is 14.1. The first kappa shape index (κ1) is 28.4. The molecule has 1 heterocycles. The summed E-state index contributed by atoms with van der Waals surface area (Å²) in [6, 6.07) is 18.3. The number of para-hydroxylation sites is 1. The van der Waals surface area contributed by atoms with Gasteiger partial charge in [-0.1, -0.05) is 80.4 Å². The van der Waals surface area contributed by atoms with E-state index in [2.05, 4.69) is 29.1 Å². The van der Waals surface area contributed by atoms with Crippen molar-refractivity contribution in [3.63, 3.8) is 0 Å². The minimum atomic E-state index is -1.09. The van der Waals surface area contributed by atoms with Crippen LogP contribution in [0, 0.1) is 5.92 Å². The van der Waals surface area contributed by atoms with Crippen LogP contribution in [0.3, 0.4) is 0 Å². The Morgan fingerprint density at radius 2 is 1.79 bits per heavy atom. The molecule has 0 radical (unpaired) electrons. The lowest BCUT2D eigenvalue weighted by Crippen LogP contribution is -2.56. The average Bonchev–Trinajstić information content (AvgIpc) is 3.41. The van der Waals surface area contributed by atoms with E-state index in [0.717, 1.165) is 37.7 Å². The number of rotatable bonds is 14. The minimum Gasteiger partial charge on any atom is -0.379 e. The fourth-order valence-corrected chi connectivity index (χ4v) is 5.09. The zero-order valence-corrected chi connectivity index (χ0v) is 22.7. The number of nitrogens with one attached hydrogen (secondary N) is 3. The van der Waals surface area contributed by atoms with Crippen LogP contribution in [0.2, 0.25) is 0 Å². The van der Waals surface area contributed by atoms with Crippen molar-refractivity contribution in [2.24, 2.45) is 5.92 Å². The predicted octanol–water partition coefficient (Wildman–Crippen LogP) is 3.89. The first-order valence-electron chi connectivity index (χ1n) is 14.1. The maximum Gasteiger partial charge on any atom is 0.278 e. The van der Waals surface area contributed by atoms with Crippen LogP contribution in [0.15, 0.2) is 72.8 Å². The van der Waals surface area contributed by atoms with Crippen LogP contribution in [0.1, 0.15) is 57.4 Å². The average molecular weight is 533 g/mol. The van der Waals surface area contributed by atoms with Crippen LogP contribution in [-0.4, -0.2) is 47.3 Å². The standard InChI is InChI=1S/C31H40N4O4/c1-2-3-4-5-10-16-25-21-31(25,30(38)34-39-26-17-11-7-12-18-26)33-29(37)27-19-13-20-35(27)28(36)23-32-22-24-14-8-6-9-15-24/h6-12,14-18,25,27,32H,2-5,13,19-23H2,1H3,(H,33,37)(H,34,38)/b16-10-/t25-,27+,31-/m1/s1. The molecule has 2 aliphatic rings. The van der Waals surface area contributed by atoms with Gasteiger partial charge in [-0.05, 0) is 49.8 Å². The monoisotopic (exact) mass is 532 g/mol. The van der Waals surface area contributed by atoms with E-state index in [9.17, 15) is 14.4 Å². The SMILES string of the molecule is CCCCC/C=C\[C@@H]1C[C@]1(NC(=O)[C@@H]1CCCN1C(=O)CNCc1ccccc1)C(=O)NOc1ccccc1. The number of likely N-dealkylation sites (tertiary alicyclic amines) is 1. The third-order valence-corrected chi connectivity index (χ3v) is 7.44. The summed E-state index contributed by atoms with van der Waals surface area (Å²) >= 11 is 0. The Balaban J connectivity index is 1.36. The summed E-state index contributed by atoms with van der Waals surface area (Å²) in [6.45, 7) is 3.42. The number of hydrogen-bond acceptors (Lipinski definition) is 5. The number of benzene rings is 2. The fourth-order valence-electron chi connectivity index (χ4n) is 5.09. The van der Waals surface area contributed by atoms with E-state index in [0.29, 0.717) is 31.7 Å². The van der Waals surface area contributed by atoms with Gasteiger partial charge in [0.05, 0.1) is 6.54 Å². The van der Waals surface area contributed by atoms with Crippen molar-refractivity contribution in [2.75, 3.05) is 13.1 Å². The third-order valence-electron chi connectivity index (χ3n) is 7.44. The molecule has 8 heteroatoms. The highest BCUT2D eigenvalue weighted by atomic mass is 16.7. The number of allylic oxidation sites excluding steroid dienone is 1. The topological polar surface area (TPSA) is 99.8 Å². The summed E-state index contributed by atoms with van der Waals surface area (Å²) in [5, 5.41) is 6.20. The first-order chi connectivity index (χ1) is 19.0. The van der Waals surface area contributed by atoms with Gasteiger partial charge in [0, 0.05) is 19.0 Å². The fraction of sp³-hybridized carbons (Fsp3) is 0.452. The number of nitrogens with zero attached hydrogens (tertiary/aromatic N) is 1. The molecular formula is C31H40N4O4. The Labute approximate surface area is 231 Å². The number of carbonyl (C=O) groups excluding carboxylic acids is 3. The molecule has 8 nitrogen and oxygen atoms in total. The summed E-state index contributed by atoms with van der Waals surface area (Å²) < 4.78 is 0. The molecule has 0 bridgehead atoms. The molecule has 208 valence electrons. The van der Waals surface area contributed by atoms with Crippen molar-refractivity contribution >= 4 is 17.7 Å². The van der Waals surface area contributed by atoms with Crippen molar-refractivity contribution in [1.29, 1.82) is 0 Å². The summed E-state index contributed by atoms with van der Waals surface area (Å²) in [5.41, 5.74) is 2.54. The van der Waals surface area contributed by atoms with Crippen molar-refractivity contribution in [1.82, 2.24) is 21.0 Å². The van der Waals surface area contributed by atoms with E-state index in [-0.39, 0.29) is 30.2 Å². The molecular weight excluding hydrogens is 492 g/mol. The van der Waals surface area contributed by atoms with Crippen molar-refractivity contribution in [2.45, 2.75) is 70.0 Å². The van der Waals surface area contributed by atoms with Gasteiger partial charge >= 0.3 is 0 Å². The smallest absolute Gasteiger partial charge is 0.278 e. The van der Waals surface area contributed by atoms with Crippen molar-refractivity contribution in [3.8, 4) is 5.75 Å². The molecule has 3 N–H and O–H groups in total. The summed E-state index contributed by atoms with van der Waals surface area (Å²) in [4.78, 5) is 46.9. The predicted molar refractivity (Wildman–Crippen MR) is 150 cm³/mol. The lowest BCUT2D eigenvalue weighted by Gasteiger charge is -2.27. The molecule has 1 saturated heterocycles. The van der Waals surface area contributed by atoms with E-state index in [4.69, 9.17) is 4.84 Å². The lowest BCUT2D eigenvalue weighted by atomic mass is 10.1. The van der Waals surface area contributed by atoms with Gasteiger partial charge < -0.3 is 20.4 Å². The highest BCUT2D eigenvalue weighted by Gasteiger charge is 2.61. The summed E-state index contributed by atoms with van der Waals surface area (Å²) in [5.74, 6) is -0.405. The number of hydrogen-bond donors (Lipinski definition) is 3. The molecule has 1 saturated carbocycles. The Morgan fingerprint density at radius 1 is 1.05 bits per heavy atom. The summed E-state index contributed by atoms with van der Waals surface area (Å²) in [6.07, 6.45) is 10.3. The molecule has 0 unspecified atom stereocenters. The molecule has 1 aliphatic carbocycles. The molecule has 2 aromatic rings. The minimum absolute atomic E-state index is 0.113. The molecule has 1 aliphatic heterocycles. The second-order valence-electron chi connectivity index (χ2n) is 10.4. The Morgan fingerprint density at radius 3 is 2.54 bits per heavy atom. The highest BCUT2D eigenvalue weighted by molar-refractivity contribution is 5.97. The van der Waals surface area contributed by atoms with Crippen LogP contribution in [0.5, 0.6) is 5.75 Å². The Bertz CT molecular complexity index is 1120. The molecule has 39 heavy (non-hydrogen) atoms. The lowest BCUT2D eigenvalue weighted by molar-refractivity contribution is -0.140. The molecule has 2 aromatic carbocycles. The van der Waals surface area contributed by atoms with E-state index in [1.165, 1.54) is 0 Å². The van der Waals surface area contributed by atoms with Crippen molar-refractivity contribution in [3.05, 3.63) is 78.4 Å². The van der Waals surface area contributed by atoms with Crippen LogP contribution < -0.4 is 21.0 Å². The van der Waals surface area contributed by atoms with Gasteiger partial charge in [-0.2, -0.15) is 5.48 Å². The van der Waals surface area contributed by atoms with Gasteiger partial charge in [0.15, 0.2) is 5.75 Å². The molecule has 2 fully saturated rings. The highest BCUT2D eigenvalue weighted by Crippen LogP contribution is 2.45. The molecule has 3 amide bonds. The maximum atomic E-state index is 13.5. The zero-order chi connectivity index (χ0) is 27.5. The van der Waals surface area contributed by atoms with Gasteiger partial charge in [-0.3, -0.25) is 14.4 Å². The van der Waals surface area contributed by atoms with Crippen LogP contribution in [-0.2, 0) is 20.9 Å². The van der Waals surface area contributed by atoms with Gasteiger partial charge in [0.2, 0.25) is 11.8 Å². The Hall–Kier alpha value is -3.65. The number of hydroxylamine groups is 1. The second-order valence-corrected chi connectivity index (χ2v) is 10.4. The van der Waals surface area contributed by atoms with Gasteiger partial charge in [-0.25, -0.2) is 0 Å². The summed E-state index contributed by atoms with van der Waals surface area (Å²) in [7, 11) is 0. The van der Waals surface area contributed by atoms with E-state index in [1.807, 2.05) is 54.6 Å². The largest absolute Gasteiger partial charge is 0.379 e. The van der Waals surface area contributed by atoms with Gasteiger partial charge in [0.1, 0.15) is 11.6 Å². The third kappa shape index (κ3) is 7.69. The van der Waals surface area contributed by atoms with Crippen LogP contribution >= 0.6 is 0 Å².